The topological polar surface area (TPSA) is 26.0 Å². The van der Waals surface area contributed by atoms with Gasteiger partial charge in [-0.1, -0.05) is 33.3 Å². The summed E-state index contributed by atoms with van der Waals surface area (Å²) in [5.74, 6) is -0.113. The van der Waals surface area contributed by atoms with Crippen molar-refractivity contribution in [2.45, 2.75) is 51.5 Å². The minimum Gasteiger partial charge on any atom is -0.327 e. The SMILES string of the molecule is CC1CCC(C(C)(C)c2ccc(F)cc2F)C(N)C1. The van der Waals surface area contributed by atoms with Crippen LogP contribution in [0.1, 0.15) is 45.6 Å². The maximum Gasteiger partial charge on any atom is 0.129 e. The molecule has 0 bridgehead atoms. The zero-order valence-corrected chi connectivity index (χ0v) is 11.9. The Labute approximate surface area is 114 Å². The molecule has 0 amide bonds. The second kappa shape index (κ2) is 5.20. The van der Waals surface area contributed by atoms with Crippen molar-refractivity contribution in [3.8, 4) is 0 Å². The van der Waals surface area contributed by atoms with Gasteiger partial charge in [0, 0.05) is 12.1 Å². The van der Waals surface area contributed by atoms with E-state index in [4.69, 9.17) is 5.73 Å². The summed E-state index contributed by atoms with van der Waals surface area (Å²) in [5.41, 5.74) is 6.49. The zero-order chi connectivity index (χ0) is 14.2. The molecule has 1 aliphatic carbocycles. The van der Waals surface area contributed by atoms with E-state index in [0.717, 1.165) is 25.3 Å². The normalized spacial score (nSPS) is 28.4. The molecule has 1 aromatic carbocycles. The molecule has 0 aromatic heterocycles. The smallest absolute Gasteiger partial charge is 0.129 e. The summed E-state index contributed by atoms with van der Waals surface area (Å²) in [7, 11) is 0. The largest absolute Gasteiger partial charge is 0.327 e. The van der Waals surface area contributed by atoms with E-state index in [1.54, 1.807) is 6.07 Å². The molecule has 3 heteroatoms. The molecule has 0 spiro atoms. The first-order valence-electron chi connectivity index (χ1n) is 7.03. The summed E-state index contributed by atoms with van der Waals surface area (Å²) < 4.78 is 27.1. The summed E-state index contributed by atoms with van der Waals surface area (Å²) in [6.07, 6.45) is 3.12. The van der Waals surface area contributed by atoms with Gasteiger partial charge in [-0.15, -0.1) is 0 Å². The number of benzene rings is 1. The van der Waals surface area contributed by atoms with Crippen molar-refractivity contribution in [3.05, 3.63) is 35.4 Å². The number of hydrogen-bond donors (Lipinski definition) is 1. The fourth-order valence-corrected chi connectivity index (χ4v) is 3.53. The molecular weight excluding hydrogens is 244 g/mol. The van der Waals surface area contributed by atoms with E-state index in [1.807, 2.05) is 13.8 Å². The summed E-state index contributed by atoms with van der Waals surface area (Å²) >= 11 is 0. The van der Waals surface area contributed by atoms with Gasteiger partial charge in [0.05, 0.1) is 0 Å². The molecule has 106 valence electrons. The molecule has 1 nitrogen and oxygen atoms in total. The van der Waals surface area contributed by atoms with Gasteiger partial charge >= 0.3 is 0 Å². The quantitative estimate of drug-likeness (QED) is 0.861. The molecule has 1 fully saturated rings. The molecule has 0 aliphatic heterocycles. The van der Waals surface area contributed by atoms with Gasteiger partial charge < -0.3 is 5.73 Å². The lowest BCUT2D eigenvalue weighted by Crippen LogP contribution is -2.46. The maximum absolute atomic E-state index is 14.0. The van der Waals surface area contributed by atoms with Crippen LogP contribution in [0, 0.1) is 23.5 Å². The standard InChI is InChI=1S/C16H23F2N/c1-10-4-6-13(15(19)8-10)16(2,3)12-7-5-11(17)9-14(12)18/h5,7,9-10,13,15H,4,6,8,19H2,1-3H3. The van der Waals surface area contributed by atoms with E-state index in [1.165, 1.54) is 6.07 Å². The molecule has 19 heavy (non-hydrogen) atoms. The van der Waals surface area contributed by atoms with Gasteiger partial charge in [0.1, 0.15) is 11.6 Å². The lowest BCUT2D eigenvalue weighted by Gasteiger charge is -2.43. The highest BCUT2D eigenvalue weighted by Gasteiger charge is 2.39. The average Bonchev–Trinajstić information content (AvgIpc) is 2.27. The van der Waals surface area contributed by atoms with Gasteiger partial charge in [-0.05, 0) is 41.7 Å². The van der Waals surface area contributed by atoms with Crippen LogP contribution in [0.4, 0.5) is 8.78 Å². The van der Waals surface area contributed by atoms with Gasteiger partial charge in [0.25, 0.3) is 0 Å². The fraction of sp³-hybridized carbons (Fsp3) is 0.625. The number of rotatable bonds is 2. The highest BCUT2D eigenvalue weighted by molar-refractivity contribution is 5.28. The van der Waals surface area contributed by atoms with Crippen LogP contribution in [0.5, 0.6) is 0 Å². The summed E-state index contributed by atoms with van der Waals surface area (Å²) in [4.78, 5) is 0. The van der Waals surface area contributed by atoms with Gasteiger partial charge in [-0.3, -0.25) is 0 Å². The predicted molar refractivity (Wildman–Crippen MR) is 73.9 cm³/mol. The third kappa shape index (κ3) is 2.81. The first-order valence-corrected chi connectivity index (χ1v) is 7.03. The van der Waals surface area contributed by atoms with Crippen LogP contribution < -0.4 is 5.73 Å². The van der Waals surface area contributed by atoms with E-state index in [9.17, 15) is 8.78 Å². The summed E-state index contributed by atoms with van der Waals surface area (Å²) in [6.45, 7) is 6.25. The van der Waals surface area contributed by atoms with Crippen molar-refractivity contribution >= 4 is 0 Å². The molecular formula is C16H23F2N. The van der Waals surface area contributed by atoms with Gasteiger partial charge in [0.15, 0.2) is 0 Å². The highest BCUT2D eigenvalue weighted by Crippen LogP contribution is 2.42. The van der Waals surface area contributed by atoms with Crippen molar-refractivity contribution in [2.75, 3.05) is 0 Å². The number of hydrogen-bond acceptors (Lipinski definition) is 1. The van der Waals surface area contributed by atoms with Crippen molar-refractivity contribution in [2.24, 2.45) is 17.6 Å². The van der Waals surface area contributed by atoms with E-state index < -0.39 is 11.6 Å². The van der Waals surface area contributed by atoms with Gasteiger partial charge in [-0.25, -0.2) is 8.78 Å². The van der Waals surface area contributed by atoms with Crippen molar-refractivity contribution in [3.63, 3.8) is 0 Å². The van der Waals surface area contributed by atoms with Crippen LogP contribution >= 0.6 is 0 Å². The van der Waals surface area contributed by atoms with Crippen molar-refractivity contribution in [1.82, 2.24) is 0 Å². The maximum atomic E-state index is 14.0. The molecule has 1 aliphatic rings. The van der Waals surface area contributed by atoms with Crippen LogP contribution in [-0.2, 0) is 5.41 Å². The molecule has 0 radical (unpaired) electrons. The van der Waals surface area contributed by atoms with Crippen LogP contribution in [0.15, 0.2) is 18.2 Å². The third-order valence-corrected chi connectivity index (χ3v) is 4.71. The molecule has 0 heterocycles. The molecule has 2 rings (SSSR count). The Hall–Kier alpha value is -0.960. The molecule has 0 saturated heterocycles. The average molecular weight is 267 g/mol. The fourth-order valence-electron chi connectivity index (χ4n) is 3.53. The van der Waals surface area contributed by atoms with Gasteiger partial charge in [-0.2, -0.15) is 0 Å². The Morgan fingerprint density at radius 2 is 1.89 bits per heavy atom. The molecule has 2 N–H and O–H groups in total. The van der Waals surface area contributed by atoms with E-state index >= 15 is 0 Å². The van der Waals surface area contributed by atoms with Crippen LogP contribution in [0.25, 0.3) is 0 Å². The van der Waals surface area contributed by atoms with Crippen molar-refractivity contribution < 1.29 is 8.78 Å². The highest BCUT2D eigenvalue weighted by atomic mass is 19.1. The van der Waals surface area contributed by atoms with Crippen LogP contribution in [-0.4, -0.2) is 6.04 Å². The Kier molecular flexibility index (Phi) is 3.95. The third-order valence-electron chi connectivity index (χ3n) is 4.71. The van der Waals surface area contributed by atoms with Gasteiger partial charge in [0.2, 0.25) is 0 Å². The molecule has 1 saturated carbocycles. The van der Waals surface area contributed by atoms with E-state index in [-0.39, 0.29) is 17.4 Å². The lowest BCUT2D eigenvalue weighted by molar-refractivity contribution is 0.168. The molecule has 1 aromatic rings. The van der Waals surface area contributed by atoms with Crippen LogP contribution in [0.2, 0.25) is 0 Å². The first-order chi connectivity index (χ1) is 8.82. The van der Waals surface area contributed by atoms with Crippen molar-refractivity contribution in [1.29, 1.82) is 0 Å². The Balaban J connectivity index is 2.30. The van der Waals surface area contributed by atoms with Crippen LogP contribution in [0.3, 0.4) is 0 Å². The number of halogens is 2. The summed E-state index contributed by atoms with van der Waals surface area (Å²) in [6, 6.07) is 3.95. The second-order valence-electron chi connectivity index (χ2n) is 6.53. The summed E-state index contributed by atoms with van der Waals surface area (Å²) in [5, 5.41) is 0. The first kappa shape index (κ1) is 14.4. The molecule has 3 atom stereocenters. The zero-order valence-electron chi connectivity index (χ0n) is 11.9. The Morgan fingerprint density at radius 1 is 1.21 bits per heavy atom. The lowest BCUT2D eigenvalue weighted by atomic mass is 9.64. The minimum absolute atomic E-state index is 0.0863. The Bertz CT molecular complexity index is 456. The monoisotopic (exact) mass is 267 g/mol. The van der Waals surface area contributed by atoms with E-state index in [2.05, 4.69) is 6.92 Å². The minimum atomic E-state index is -0.529. The Morgan fingerprint density at radius 3 is 2.47 bits per heavy atom. The second-order valence-corrected chi connectivity index (χ2v) is 6.53. The van der Waals surface area contributed by atoms with E-state index in [0.29, 0.717) is 11.5 Å². The molecule has 3 unspecified atom stereocenters. The predicted octanol–water partition coefficient (Wildman–Crippen LogP) is 4.01. The number of nitrogens with two attached hydrogens (primary N) is 1.